The van der Waals surface area contributed by atoms with Gasteiger partial charge in [0.2, 0.25) is 0 Å². The van der Waals surface area contributed by atoms with Gasteiger partial charge >= 0.3 is 11.7 Å². The van der Waals surface area contributed by atoms with Crippen LogP contribution in [0, 0.1) is 10.1 Å². The molecule has 0 bridgehead atoms. The van der Waals surface area contributed by atoms with E-state index in [4.69, 9.17) is 0 Å². The van der Waals surface area contributed by atoms with Gasteiger partial charge in [0.05, 0.1) is 18.2 Å². The van der Waals surface area contributed by atoms with Crippen molar-refractivity contribution in [3.8, 4) is 0 Å². The molecule has 8 heteroatoms. The number of hydrogen-bond acceptors (Lipinski definition) is 6. The van der Waals surface area contributed by atoms with Crippen LogP contribution in [0.15, 0.2) is 18.6 Å². The van der Waals surface area contributed by atoms with E-state index in [-0.39, 0.29) is 11.3 Å². The Hall–Kier alpha value is -2.51. The molecule has 2 rings (SSSR count). The predicted octanol–water partition coefficient (Wildman–Crippen LogP) is 0.424. The van der Waals surface area contributed by atoms with E-state index in [1.165, 1.54) is 23.0 Å². The van der Waals surface area contributed by atoms with Crippen LogP contribution in [0.2, 0.25) is 0 Å². The van der Waals surface area contributed by atoms with Gasteiger partial charge in [-0.05, 0) is 0 Å². The molecule has 82 valence electrons. The lowest BCUT2D eigenvalue weighted by Crippen LogP contribution is -2.07. The number of pyridine rings is 1. The standard InChI is InChI=1S/C8H6N4O4/c1-16-8(13)5-2-7-10-9-4-11(7)3-6(5)12(14)15/h2-4H,1H3. The molecule has 0 unspecified atom stereocenters. The summed E-state index contributed by atoms with van der Waals surface area (Å²) in [5, 5.41) is 18.0. The summed E-state index contributed by atoms with van der Waals surface area (Å²) in [4.78, 5) is 21.4. The van der Waals surface area contributed by atoms with Crippen molar-refractivity contribution >= 4 is 17.3 Å². The lowest BCUT2D eigenvalue weighted by Gasteiger charge is -2.01. The highest BCUT2D eigenvalue weighted by Gasteiger charge is 2.22. The Morgan fingerprint density at radius 2 is 2.38 bits per heavy atom. The minimum absolute atomic E-state index is 0.145. The largest absolute Gasteiger partial charge is 0.465 e. The van der Waals surface area contributed by atoms with E-state index in [0.717, 1.165) is 7.11 Å². The maximum Gasteiger partial charge on any atom is 0.345 e. The summed E-state index contributed by atoms with van der Waals surface area (Å²) in [5.41, 5.74) is -0.154. The van der Waals surface area contributed by atoms with Crippen molar-refractivity contribution in [3.05, 3.63) is 34.3 Å². The molecule has 0 aromatic carbocycles. The van der Waals surface area contributed by atoms with E-state index in [2.05, 4.69) is 14.9 Å². The number of ether oxygens (including phenoxy) is 1. The fourth-order valence-corrected chi connectivity index (χ4v) is 1.28. The summed E-state index contributed by atoms with van der Waals surface area (Å²) in [6.45, 7) is 0. The van der Waals surface area contributed by atoms with Gasteiger partial charge in [-0.2, -0.15) is 0 Å². The van der Waals surface area contributed by atoms with E-state index >= 15 is 0 Å². The quantitative estimate of drug-likeness (QED) is 0.414. The molecule has 0 saturated carbocycles. The van der Waals surface area contributed by atoms with Crippen LogP contribution in [-0.4, -0.2) is 32.6 Å². The Balaban J connectivity index is 2.72. The zero-order valence-electron chi connectivity index (χ0n) is 8.15. The molecule has 0 N–H and O–H groups in total. The van der Waals surface area contributed by atoms with Gasteiger partial charge in [0.15, 0.2) is 5.65 Å². The topological polar surface area (TPSA) is 99.6 Å². The SMILES string of the molecule is COC(=O)c1cc2nncn2cc1[N+](=O)[O-]. The maximum absolute atomic E-state index is 11.3. The van der Waals surface area contributed by atoms with Gasteiger partial charge in [-0.25, -0.2) is 4.79 Å². The highest BCUT2D eigenvalue weighted by Crippen LogP contribution is 2.20. The molecular weight excluding hydrogens is 216 g/mol. The molecular formula is C8H6N4O4. The second kappa shape index (κ2) is 3.57. The number of methoxy groups -OCH3 is 1. The Labute approximate surface area is 88.6 Å². The molecule has 2 aromatic rings. The van der Waals surface area contributed by atoms with E-state index in [1.54, 1.807) is 0 Å². The van der Waals surface area contributed by atoms with E-state index in [9.17, 15) is 14.9 Å². The number of carbonyl (C=O) groups is 1. The molecule has 0 aliphatic rings. The van der Waals surface area contributed by atoms with Crippen LogP contribution in [0.1, 0.15) is 10.4 Å². The first-order valence-corrected chi connectivity index (χ1v) is 4.19. The number of rotatable bonds is 2. The van der Waals surface area contributed by atoms with Gasteiger partial charge < -0.3 is 4.74 Å². The molecule has 2 aromatic heterocycles. The van der Waals surface area contributed by atoms with Gasteiger partial charge in [0.25, 0.3) is 0 Å². The third kappa shape index (κ3) is 1.45. The number of nitrogens with zero attached hydrogens (tertiary/aromatic N) is 4. The molecule has 0 aliphatic heterocycles. The van der Waals surface area contributed by atoms with Gasteiger partial charge in [0, 0.05) is 6.07 Å². The summed E-state index contributed by atoms with van der Waals surface area (Å²) >= 11 is 0. The molecule has 8 nitrogen and oxygen atoms in total. The molecule has 0 fully saturated rings. The maximum atomic E-state index is 11.3. The molecule has 16 heavy (non-hydrogen) atoms. The van der Waals surface area contributed by atoms with Crippen LogP contribution in [0.4, 0.5) is 5.69 Å². The molecule has 0 saturated heterocycles. The van der Waals surface area contributed by atoms with E-state index in [0.29, 0.717) is 5.65 Å². The van der Waals surface area contributed by atoms with Crippen molar-refractivity contribution < 1.29 is 14.5 Å². The minimum atomic E-state index is -0.780. The molecule has 0 amide bonds. The summed E-state index contributed by atoms with van der Waals surface area (Å²) < 4.78 is 5.80. The van der Waals surface area contributed by atoms with Crippen LogP contribution in [0.3, 0.4) is 0 Å². The fraction of sp³-hybridized carbons (Fsp3) is 0.125. The van der Waals surface area contributed by atoms with Crippen LogP contribution < -0.4 is 0 Å². The van der Waals surface area contributed by atoms with Gasteiger partial charge in [-0.1, -0.05) is 0 Å². The Kier molecular flexibility index (Phi) is 2.24. The minimum Gasteiger partial charge on any atom is -0.465 e. The molecule has 0 spiro atoms. The predicted molar refractivity (Wildman–Crippen MR) is 51.0 cm³/mol. The monoisotopic (exact) mass is 222 g/mol. The van der Waals surface area contributed by atoms with Crippen LogP contribution in [0.5, 0.6) is 0 Å². The van der Waals surface area contributed by atoms with Crippen molar-refractivity contribution in [3.63, 3.8) is 0 Å². The van der Waals surface area contributed by atoms with Gasteiger partial charge in [-0.15, -0.1) is 10.2 Å². The lowest BCUT2D eigenvalue weighted by molar-refractivity contribution is -0.385. The summed E-state index contributed by atoms with van der Waals surface area (Å²) in [5.74, 6) is -0.780. The van der Waals surface area contributed by atoms with Crippen LogP contribution in [-0.2, 0) is 4.74 Å². The van der Waals surface area contributed by atoms with E-state index < -0.39 is 10.9 Å². The first-order chi connectivity index (χ1) is 7.63. The molecule has 2 heterocycles. The number of hydrogen-bond donors (Lipinski definition) is 0. The second-order valence-electron chi connectivity index (χ2n) is 2.92. The average molecular weight is 222 g/mol. The Morgan fingerprint density at radius 3 is 3.00 bits per heavy atom. The lowest BCUT2D eigenvalue weighted by atomic mass is 10.2. The van der Waals surface area contributed by atoms with Crippen molar-refractivity contribution in [1.82, 2.24) is 14.6 Å². The van der Waals surface area contributed by atoms with Gasteiger partial charge in [-0.3, -0.25) is 14.5 Å². The molecule has 0 aliphatic carbocycles. The molecule has 0 atom stereocenters. The fourth-order valence-electron chi connectivity index (χ4n) is 1.28. The zero-order chi connectivity index (χ0) is 11.7. The zero-order valence-corrected chi connectivity index (χ0v) is 8.15. The Morgan fingerprint density at radius 1 is 1.62 bits per heavy atom. The first-order valence-electron chi connectivity index (χ1n) is 4.19. The van der Waals surface area contributed by atoms with Crippen molar-refractivity contribution in [2.75, 3.05) is 7.11 Å². The van der Waals surface area contributed by atoms with Crippen molar-refractivity contribution in [2.24, 2.45) is 0 Å². The first kappa shape index (κ1) is 10.0. The number of esters is 1. The highest BCUT2D eigenvalue weighted by atomic mass is 16.6. The number of nitro groups is 1. The normalized spacial score (nSPS) is 10.3. The third-order valence-electron chi connectivity index (χ3n) is 2.01. The van der Waals surface area contributed by atoms with Crippen molar-refractivity contribution in [1.29, 1.82) is 0 Å². The summed E-state index contributed by atoms with van der Waals surface area (Å²) in [6.07, 6.45) is 2.48. The summed E-state index contributed by atoms with van der Waals surface area (Å²) in [7, 11) is 1.15. The summed E-state index contributed by atoms with van der Waals surface area (Å²) in [6, 6.07) is 1.26. The number of aromatic nitrogens is 3. The number of carbonyl (C=O) groups excluding carboxylic acids is 1. The average Bonchev–Trinajstić information content (AvgIpc) is 2.73. The van der Waals surface area contributed by atoms with Crippen molar-refractivity contribution in [2.45, 2.75) is 0 Å². The van der Waals surface area contributed by atoms with Gasteiger partial charge in [0.1, 0.15) is 11.9 Å². The van der Waals surface area contributed by atoms with Crippen LogP contribution >= 0.6 is 0 Å². The highest BCUT2D eigenvalue weighted by molar-refractivity contribution is 5.94. The third-order valence-corrected chi connectivity index (χ3v) is 2.01. The second-order valence-corrected chi connectivity index (χ2v) is 2.92. The van der Waals surface area contributed by atoms with Crippen LogP contribution in [0.25, 0.3) is 5.65 Å². The smallest absolute Gasteiger partial charge is 0.345 e. The Bertz CT molecular complexity index is 576. The molecule has 0 radical (unpaired) electrons. The van der Waals surface area contributed by atoms with E-state index in [1.807, 2.05) is 0 Å². The number of fused-ring (bicyclic) bond motifs is 1.